The Hall–Kier alpha value is -2.75. The van der Waals surface area contributed by atoms with E-state index in [1.165, 1.54) is 27.9 Å². The van der Waals surface area contributed by atoms with Gasteiger partial charge in [-0.25, -0.2) is 4.79 Å². The zero-order valence-corrected chi connectivity index (χ0v) is 17.8. The summed E-state index contributed by atoms with van der Waals surface area (Å²) in [5.41, 5.74) is 2.80. The number of esters is 1. The molecule has 160 valence electrons. The Balaban J connectivity index is 1.64. The molecule has 1 fully saturated rings. The lowest BCUT2D eigenvalue weighted by Gasteiger charge is -2.34. The molecule has 1 amide bonds. The maximum atomic E-state index is 13.0. The van der Waals surface area contributed by atoms with Gasteiger partial charge in [0.15, 0.2) is 0 Å². The Morgan fingerprint density at radius 3 is 2.37 bits per heavy atom. The number of carbonyl (C=O) groups is 2. The molecule has 2 aromatic rings. The lowest BCUT2D eigenvalue weighted by molar-refractivity contribution is -0.116. The monoisotopic (exact) mass is 431 g/mol. The van der Waals surface area contributed by atoms with Gasteiger partial charge in [-0.3, -0.25) is 4.79 Å². The summed E-state index contributed by atoms with van der Waals surface area (Å²) >= 11 is 0. The van der Waals surface area contributed by atoms with Crippen LogP contribution < -0.4 is 5.32 Å². The summed E-state index contributed by atoms with van der Waals surface area (Å²) in [6.07, 6.45) is 0.645. The number of ether oxygens (including phenoxy) is 1. The number of carbonyl (C=O) groups excluding carboxylic acids is 2. The summed E-state index contributed by atoms with van der Waals surface area (Å²) in [6.45, 7) is 2.67. The third kappa shape index (κ3) is 5.05. The molecule has 30 heavy (non-hydrogen) atoms. The summed E-state index contributed by atoms with van der Waals surface area (Å²) in [5.74, 6) is -0.914. The van der Waals surface area contributed by atoms with E-state index in [2.05, 4.69) is 10.1 Å². The first kappa shape index (κ1) is 21.9. The second kappa shape index (κ2) is 9.38. The average molecular weight is 432 g/mol. The van der Waals surface area contributed by atoms with Gasteiger partial charge in [-0.05, 0) is 48.7 Å². The Kier molecular flexibility index (Phi) is 6.86. The molecule has 1 aliphatic rings. The number of amides is 1. The van der Waals surface area contributed by atoms with Crippen molar-refractivity contribution in [1.29, 1.82) is 0 Å². The van der Waals surface area contributed by atoms with Crippen LogP contribution in [0.5, 0.6) is 0 Å². The zero-order valence-electron chi connectivity index (χ0n) is 17.0. The van der Waals surface area contributed by atoms with Crippen LogP contribution >= 0.6 is 0 Å². The minimum absolute atomic E-state index is 0.272. The second-order valence-electron chi connectivity index (χ2n) is 7.07. The quantitative estimate of drug-likeness (QED) is 0.707. The summed E-state index contributed by atoms with van der Waals surface area (Å²) in [4.78, 5) is 23.9. The van der Waals surface area contributed by atoms with Crippen LogP contribution in [-0.4, -0.2) is 55.6 Å². The molecule has 0 saturated carbocycles. The van der Waals surface area contributed by atoms with Gasteiger partial charge in [0.25, 0.3) is 10.2 Å². The van der Waals surface area contributed by atoms with Gasteiger partial charge in [-0.1, -0.05) is 24.3 Å². The number of benzene rings is 2. The van der Waals surface area contributed by atoms with E-state index in [0.717, 1.165) is 11.1 Å². The maximum Gasteiger partial charge on any atom is 0.337 e. The Labute approximate surface area is 176 Å². The second-order valence-corrected chi connectivity index (χ2v) is 9.00. The van der Waals surface area contributed by atoms with Crippen molar-refractivity contribution in [3.63, 3.8) is 0 Å². The molecule has 1 heterocycles. The summed E-state index contributed by atoms with van der Waals surface area (Å²) < 4.78 is 33.2. The number of anilines is 1. The molecule has 0 aromatic heterocycles. The minimum atomic E-state index is -3.74. The van der Waals surface area contributed by atoms with Crippen LogP contribution in [0.1, 0.15) is 27.9 Å². The summed E-state index contributed by atoms with van der Waals surface area (Å²) in [5, 5.41) is 2.67. The van der Waals surface area contributed by atoms with Gasteiger partial charge < -0.3 is 10.1 Å². The van der Waals surface area contributed by atoms with E-state index < -0.39 is 22.1 Å². The number of rotatable bonds is 6. The number of hydrogen-bond acceptors (Lipinski definition) is 5. The van der Waals surface area contributed by atoms with Gasteiger partial charge in [0, 0.05) is 25.3 Å². The molecule has 0 spiro atoms. The molecule has 0 atom stereocenters. The van der Waals surface area contributed by atoms with Gasteiger partial charge in [-0.2, -0.15) is 17.0 Å². The van der Waals surface area contributed by atoms with Gasteiger partial charge in [-0.15, -0.1) is 0 Å². The highest BCUT2D eigenvalue weighted by Gasteiger charge is 2.34. The van der Waals surface area contributed by atoms with Crippen LogP contribution in [0.4, 0.5) is 5.69 Å². The SMILES string of the molecule is COC(=O)c1ccc(NC(=O)CN2CCCN(Cc3ccccc3C)S2(=O)=O)cc1. The molecule has 0 aliphatic carbocycles. The Morgan fingerprint density at radius 1 is 1.03 bits per heavy atom. The first-order valence-corrected chi connectivity index (χ1v) is 11.0. The van der Waals surface area contributed by atoms with Crippen molar-refractivity contribution in [3.8, 4) is 0 Å². The zero-order chi connectivity index (χ0) is 21.7. The van der Waals surface area contributed by atoms with Crippen molar-refractivity contribution >= 4 is 27.8 Å². The van der Waals surface area contributed by atoms with Crippen LogP contribution in [0.15, 0.2) is 48.5 Å². The summed E-state index contributed by atoms with van der Waals surface area (Å²) in [6, 6.07) is 13.9. The van der Waals surface area contributed by atoms with E-state index in [-0.39, 0.29) is 13.1 Å². The Morgan fingerprint density at radius 2 is 1.70 bits per heavy atom. The molecule has 0 unspecified atom stereocenters. The molecule has 2 aromatic carbocycles. The molecule has 0 bridgehead atoms. The molecule has 3 rings (SSSR count). The van der Waals surface area contributed by atoms with Crippen molar-refractivity contribution in [2.24, 2.45) is 0 Å². The normalized spacial score (nSPS) is 16.7. The molecule has 1 saturated heterocycles. The predicted molar refractivity (Wildman–Crippen MR) is 113 cm³/mol. The van der Waals surface area contributed by atoms with Crippen molar-refractivity contribution in [2.75, 3.05) is 32.1 Å². The predicted octanol–water partition coefficient (Wildman–Crippen LogP) is 2.17. The first-order chi connectivity index (χ1) is 14.3. The third-order valence-corrected chi connectivity index (χ3v) is 6.91. The number of aryl methyl sites for hydroxylation is 1. The lowest BCUT2D eigenvalue weighted by Crippen LogP contribution is -2.51. The van der Waals surface area contributed by atoms with Crippen LogP contribution in [0.3, 0.4) is 0 Å². The molecule has 8 nitrogen and oxygen atoms in total. The fourth-order valence-electron chi connectivity index (χ4n) is 3.28. The van der Waals surface area contributed by atoms with E-state index in [1.807, 2.05) is 31.2 Å². The van der Waals surface area contributed by atoms with E-state index in [4.69, 9.17) is 0 Å². The largest absolute Gasteiger partial charge is 0.465 e. The smallest absolute Gasteiger partial charge is 0.337 e. The highest BCUT2D eigenvalue weighted by molar-refractivity contribution is 7.86. The summed E-state index contributed by atoms with van der Waals surface area (Å²) in [7, 11) is -2.45. The lowest BCUT2D eigenvalue weighted by atomic mass is 10.1. The maximum absolute atomic E-state index is 13.0. The van der Waals surface area contributed by atoms with Crippen LogP contribution in [0.25, 0.3) is 0 Å². The molecule has 1 aliphatic heterocycles. The van der Waals surface area contributed by atoms with Gasteiger partial charge in [0.2, 0.25) is 5.91 Å². The average Bonchev–Trinajstić information content (AvgIpc) is 2.72. The van der Waals surface area contributed by atoms with Crippen molar-refractivity contribution in [2.45, 2.75) is 19.9 Å². The van der Waals surface area contributed by atoms with E-state index in [1.54, 1.807) is 12.1 Å². The first-order valence-electron chi connectivity index (χ1n) is 9.59. The Bertz CT molecular complexity index is 1020. The van der Waals surface area contributed by atoms with Gasteiger partial charge >= 0.3 is 5.97 Å². The van der Waals surface area contributed by atoms with Crippen molar-refractivity contribution in [1.82, 2.24) is 8.61 Å². The van der Waals surface area contributed by atoms with Gasteiger partial charge in [0.05, 0.1) is 19.2 Å². The number of hydrogen-bond donors (Lipinski definition) is 1. The van der Waals surface area contributed by atoms with Crippen molar-refractivity contribution < 1.29 is 22.7 Å². The third-order valence-electron chi connectivity index (χ3n) is 4.99. The van der Waals surface area contributed by atoms with Crippen LogP contribution in [0.2, 0.25) is 0 Å². The molecular formula is C21H25N3O5S. The van der Waals surface area contributed by atoms with E-state index in [9.17, 15) is 18.0 Å². The van der Waals surface area contributed by atoms with Crippen molar-refractivity contribution in [3.05, 3.63) is 65.2 Å². The topological polar surface area (TPSA) is 96.0 Å². The van der Waals surface area contributed by atoms with E-state index >= 15 is 0 Å². The number of nitrogens with zero attached hydrogens (tertiary/aromatic N) is 2. The fourth-order valence-corrected chi connectivity index (χ4v) is 4.91. The van der Waals surface area contributed by atoms with Gasteiger partial charge in [0.1, 0.15) is 0 Å². The highest BCUT2D eigenvalue weighted by Crippen LogP contribution is 2.21. The number of methoxy groups -OCH3 is 1. The fraction of sp³-hybridized carbons (Fsp3) is 0.333. The molecular weight excluding hydrogens is 406 g/mol. The minimum Gasteiger partial charge on any atom is -0.465 e. The van der Waals surface area contributed by atoms with Crippen LogP contribution in [-0.2, 0) is 26.3 Å². The molecule has 0 radical (unpaired) electrons. The molecule has 9 heteroatoms. The number of nitrogens with one attached hydrogen (secondary N) is 1. The van der Waals surface area contributed by atoms with Crippen LogP contribution in [0, 0.1) is 6.92 Å². The highest BCUT2D eigenvalue weighted by atomic mass is 32.2. The standard InChI is InChI=1S/C21H25N3O5S/c1-16-6-3-4-7-18(16)14-23-12-5-13-24(30(23,27)28)15-20(25)22-19-10-8-17(9-11-19)21(26)29-2/h3-4,6-11H,5,12-15H2,1-2H3,(H,22,25). The molecule has 1 N–H and O–H groups in total. The van der Waals surface area contributed by atoms with E-state index in [0.29, 0.717) is 30.8 Å².